The molecule has 15 nitrogen and oxygen atoms in total. The summed E-state index contributed by atoms with van der Waals surface area (Å²) in [4.78, 5) is 58.6. The number of aromatic amines is 1. The van der Waals surface area contributed by atoms with E-state index in [4.69, 9.17) is 17.2 Å². The minimum absolute atomic E-state index is 0.00855. The highest BCUT2D eigenvalue weighted by Crippen LogP contribution is 2.19. The Morgan fingerprint density at radius 1 is 0.911 bits per heavy atom. The van der Waals surface area contributed by atoms with Gasteiger partial charge in [0.15, 0.2) is 5.96 Å². The Balaban J connectivity index is 1.72. The van der Waals surface area contributed by atoms with Gasteiger partial charge in [-0.15, -0.1) is 0 Å². The predicted molar refractivity (Wildman–Crippen MR) is 167 cm³/mol. The molecule has 45 heavy (non-hydrogen) atoms. The molecule has 5 unspecified atom stereocenters. The first-order chi connectivity index (χ1) is 21.3. The number of fused-ring (bicyclic) bond motifs is 1. The number of aromatic nitrogens is 1. The highest BCUT2D eigenvalue weighted by Gasteiger charge is 2.32. The minimum Gasteiger partial charge on any atom is -0.508 e. The van der Waals surface area contributed by atoms with Crippen molar-refractivity contribution in [2.45, 2.75) is 62.9 Å². The molecule has 2 aromatic carbocycles. The van der Waals surface area contributed by atoms with Crippen molar-refractivity contribution in [1.82, 2.24) is 20.9 Å². The summed E-state index contributed by atoms with van der Waals surface area (Å²) in [6.45, 7) is 1.41. The van der Waals surface area contributed by atoms with Crippen LogP contribution in [0.1, 0.15) is 30.9 Å². The maximum Gasteiger partial charge on any atom is 0.326 e. The van der Waals surface area contributed by atoms with E-state index in [1.54, 1.807) is 18.3 Å². The molecule has 1 aromatic heterocycles. The maximum atomic E-state index is 13.4. The standard InChI is InChI=1S/C30H40N8O7/c1-16(39)25(38-26(41)21(31)13-17-8-10-19(40)11-9-17)28(43)36-23(7-4-12-34-30(32)33)27(42)37-24(29(44)45)14-18-15-35-22-6-3-2-5-20(18)22/h2-3,5-6,8-11,15-16,21,23-25,35,39-40H,4,7,12-14,31H2,1H3,(H,36,43)(H,37,42)(H,38,41)(H,44,45)(H4,32,33,34). The quantitative estimate of drug-likeness (QED) is 0.0525. The molecule has 0 radical (unpaired) electrons. The number of phenols is 1. The molecule has 0 aliphatic heterocycles. The van der Waals surface area contributed by atoms with E-state index in [1.165, 1.54) is 19.1 Å². The third kappa shape index (κ3) is 10.2. The second kappa shape index (κ2) is 16.1. The maximum absolute atomic E-state index is 13.4. The van der Waals surface area contributed by atoms with Crippen molar-refractivity contribution in [3.8, 4) is 5.75 Å². The number of para-hydroxylation sites is 1. The molecule has 0 saturated heterocycles. The molecule has 242 valence electrons. The van der Waals surface area contributed by atoms with E-state index in [1.807, 2.05) is 24.3 Å². The normalized spacial score (nSPS) is 14.4. The number of phenolic OH excluding ortho intramolecular Hbond substituents is 1. The number of carboxylic acid groups (broad SMARTS) is 1. The molecule has 5 atom stereocenters. The van der Waals surface area contributed by atoms with Crippen molar-refractivity contribution < 1.29 is 34.5 Å². The van der Waals surface area contributed by atoms with Crippen LogP contribution >= 0.6 is 0 Å². The molecule has 0 aliphatic carbocycles. The molecule has 0 bridgehead atoms. The van der Waals surface area contributed by atoms with Gasteiger partial charge in [-0.2, -0.15) is 0 Å². The van der Waals surface area contributed by atoms with E-state index in [9.17, 15) is 34.5 Å². The first-order valence-electron chi connectivity index (χ1n) is 14.3. The third-order valence-electron chi connectivity index (χ3n) is 7.08. The number of aliphatic imine (C=N–C) groups is 1. The number of carbonyl (C=O) groups excluding carboxylic acids is 3. The van der Waals surface area contributed by atoms with Gasteiger partial charge in [0, 0.05) is 30.1 Å². The number of amides is 3. The molecule has 0 fully saturated rings. The van der Waals surface area contributed by atoms with Crippen molar-refractivity contribution in [2.24, 2.45) is 22.2 Å². The van der Waals surface area contributed by atoms with Gasteiger partial charge in [0.1, 0.15) is 23.9 Å². The topological polar surface area (TPSA) is 271 Å². The lowest BCUT2D eigenvalue weighted by atomic mass is 10.0. The molecule has 15 heteroatoms. The molecule has 3 amide bonds. The van der Waals surface area contributed by atoms with Crippen LogP contribution < -0.4 is 33.2 Å². The van der Waals surface area contributed by atoms with Gasteiger partial charge in [0.25, 0.3) is 0 Å². The van der Waals surface area contributed by atoms with Crippen molar-refractivity contribution >= 4 is 40.6 Å². The fourth-order valence-corrected chi connectivity index (χ4v) is 4.67. The molecular formula is C30H40N8O7. The number of guanidine groups is 1. The smallest absolute Gasteiger partial charge is 0.326 e. The van der Waals surface area contributed by atoms with E-state index in [2.05, 4.69) is 25.9 Å². The van der Waals surface area contributed by atoms with E-state index >= 15 is 0 Å². The van der Waals surface area contributed by atoms with Crippen LogP contribution in [-0.4, -0.2) is 86.8 Å². The van der Waals surface area contributed by atoms with Crippen LogP contribution in [-0.2, 0) is 32.0 Å². The van der Waals surface area contributed by atoms with E-state index in [-0.39, 0.29) is 43.9 Å². The SMILES string of the molecule is CC(O)C(NC(=O)C(N)Cc1ccc(O)cc1)C(=O)NC(CCCN=C(N)N)C(=O)NC(Cc1c[nH]c2ccccc12)C(=O)O. The second-order valence-electron chi connectivity index (χ2n) is 10.7. The molecule has 0 saturated carbocycles. The second-order valence-corrected chi connectivity index (χ2v) is 10.7. The fraction of sp³-hybridized carbons (Fsp3) is 0.367. The molecule has 0 spiro atoms. The number of carboxylic acids is 1. The number of hydrogen-bond acceptors (Lipinski definition) is 8. The largest absolute Gasteiger partial charge is 0.508 e. The summed E-state index contributed by atoms with van der Waals surface area (Å²) < 4.78 is 0. The summed E-state index contributed by atoms with van der Waals surface area (Å²) >= 11 is 0. The van der Waals surface area contributed by atoms with E-state index in [0.29, 0.717) is 11.1 Å². The number of nitrogens with zero attached hydrogens (tertiary/aromatic N) is 1. The highest BCUT2D eigenvalue weighted by molar-refractivity contribution is 5.94. The van der Waals surface area contributed by atoms with Gasteiger partial charge in [0.2, 0.25) is 17.7 Å². The van der Waals surface area contributed by atoms with Gasteiger partial charge < -0.3 is 53.5 Å². The number of carbonyl (C=O) groups is 4. The van der Waals surface area contributed by atoms with Crippen molar-refractivity contribution in [1.29, 1.82) is 0 Å². The Kier molecular flexibility index (Phi) is 12.3. The summed E-state index contributed by atoms with van der Waals surface area (Å²) in [6.07, 6.45) is 0.583. The fourth-order valence-electron chi connectivity index (χ4n) is 4.67. The zero-order valence-corrected chi connectivity index (χ0v) is 24.8. The van der Waals surface area contributed by atoms with E-state index in [0.717, 1.165) is 10.9 Å². The van der Waals surface area contributed by atoms with Crippen LogP contribution in [0.3, 0.4) is 0 Å². The predicted octanol–water partition coefficient (Wildman–Crippen LogP) is -1.04. The number of nitrogens with two attached hydrogens (primary N) is 3. The van der Waals surface area contributed by atoms with Crippen LogP contribution in [0.25, 0.3) is 10.9 Å². The monoisotopic (exact) mass is 624 g/mol. The number of rotatable bonds is 16. The van der Waals surface area contributed by atoms with Crippen molar-refractivity contribution in [3.63, 3.8) is 0 Å². The molecule has 3 aromatic rings. The molecule has 3 rings (SSSR count). The van der Waals surface area contributed by atoms with Crippen molar-refractivity contribution in [2.75, 3.05) is 6.54 Å². The number of H-pyrrole nitrogens is 1. The van der Waals surface area contributed by atoms with Gasteiger partial charge in [-0.1, -0.05) is 30.3 Å². The number of aliphatic hydroxyl groups is 1. The number of aliphatic hydroxyl groups excluding tert-OH is 1. The van der Waals surface area contributed by atoms with Crippen molar-refractivity contribution in [3.05, 3.63) is 65.9 Å². The lowest BCUT2D eigenvalue weighted by molar-refractivity contribution is -0.142. The summed E-state index contributed by atoms with van der Waals surface area (Å²) in [6, 6.07) is 8.21. The lowest BCUT2D eigenvalue weighted by Crippen LogP contribution is -2.60. The van der Waals surface area contributed by atoms with Gasteiger partial charge >= 0.3 is 5.97 Å². The number of benzene rings is 2. The molecule has 13 N–H and O–H groups in total. The summed E-state index contributed by atoms with van der Waals surface area (Å²) in [5.41, 5.74) is 18.9. The Morgan fingerprint density at radius 2 is 1.58 bits per heavy atom. The summed E-state index contributed by atoms with van der Waals surface area (Å²) in [5, 5.41) is 37.9. The van der Waals surface area contributed by atoms with Crippen LogP contribution in [0.15, 0.2) is 59.7 Å². The first-order valence-corrected chi connectivity index (χ1v) is 14.3. The van der Waals surface area contributed by atoms with Gasteiger partial charge in [-0.3, -0.25) is 19.4 Å². The highest BCUT2D eigenvalue weighted by atomic mass is 16.4. The van der Waals surface area contributed by atoms with Crippen LogP contribution in [0.2, 0.25) is 0 Å². The average molecular weight is 625 g/mol. The zero-order valence-electron chi connectivity index (χ0n) is 24.8. The molecule has 1 heterocycles. The van der Waals surface area contributed by atoms with Crippen LogP contribution in [0.5, 0.6) is 5.75 Å². The first kappa shape index (κ1) is 34.3. The zero-order chi connectivity index (χ0) is 33.1. The molecular weight excluding hydrogens is 584 g/mol. The lowest BCUT2D eigenvalue weighted by Gasteiger charge is -2.26. The van der Waals surface area contributed by atoms with Gasteiger partial charge in [0.05, 0.1) is 12.1 Å². The van der Waals surface area contributed by atoms with Gasteiger partial charge in [-0.05, 0) is 55.5 Å². The Bertz CT molecular complexity index is 1500. The Hall–Kier alpha value is -5.15. The summed E-state index contributed by atoms with van der Waals surface area (Å²) in [5.74, 6) is -3.81. The Morgan fingerprint density at radius 3 is 2.22 bits per heavy atom. The average Bonchev–Trinajstić information content (AvgIpc) is 3.40. The van der Waals surface area contributed by atoms with E-state index < -0.39 is 54.0 Å². The molecule has 0 aliphatic rings. The van der Waals surface area contributed by atoms with Gasteiger partial charge in [-0.25, -0.2) is 4.79 Å². The summed E-state index contributed by atoms with van der Waals surface area (Å²) in [7, 11) is 0. The minimum atomic E-state index is -1.49. The van der Waals surface area contributed by atoms with Crippen LogP contribution in [0, 0.1) is 0 Å². The number of aliphatic carboxylic acids is 1. The Labute approximate surface area is 259 Å². The third-order valence-corrected chi connectivity index (χ3v) is 7.08. The number of aromatic hydroxyl groups is 1. The number of nitrogens with one attached hydrogen (secondary N) is 4. The van der Waals surface area contributed by atoms with Crippen LogP contribution in [0.4, 0.5) is 0 Å². The number of hydrogen-bond donors (Lipinski definition) is 10.